The van der Waals surface area contributed by atoms with E-state index in [1.54, 1.807) is 10.9 Å². The van der Waals surface area contributed by atoms with Crippen LogP contribution in [0.15, 0.2) is 12.4 Å². The third-order valence-corrected chi connectivity index (χ3v) is 1.60. The van der Waals surface area contributed by atoms with E-state index in [9.17, 15) is 0 Å². The molecule has 68 valence electrons. The Balaban J connectivity index is 2.81. The van der Waals surface area contributed by atoms with Gasteiger partial charge in [-0.25, -0.2) is 4.68 Å². The van der Waals surface area contributed by atoms with Crippen LogP contribution in [0.4, 0.5) is 0 Å². The normalized spacial score (nSPS) is 11.9. The van der Waals surface area contributed by atoms with Crippen LogP contribution in [-0.2, 0) is 0 Å². The highest BCUT2D eigenvalue weighted by Gasteiger charge is 2.15. The highest BCUT2D eigenvalue weighted by atomic mass is 15.6. The van der Waals surface area contributed by atoms with E-state index in [2.05, 4.69) is 20.1 Å². The fraction of sp³-hybridized carbons (Fsp3) is 0.714. The van der Waals surface area contributed by atoms with E-state index in [1.807, 2.05) is 34.4 Å². The Bertz CT molecular complexity index is 208. The van der Waals surface area contributed by atoms with Gasteiger partial charge in [0.2, 0.25) is 0 Å². The van der Waals surface area contributed by atoms with Crippen molar-refractivity contribution >= 4 is 0 Å². The average molecular weight is 169 g/mol. The van der Waals surface area contributed by atoms with E-state index < -0.39 is 0 Å². The van der Waals surface area contributed by atoms with E-state index >= 15 is 0 Å². The molecule has 0 aromatic carbocycles. The van der Waals surface area contributed by atoms with Gasteiger partial charge in [0.1, 0.15) is 0 Å². The van der Waals surface area contributed by atoms with Crippen LogP contribution < -0.4 is 0 Å². The first-order valence-corrected chi connectivity index (χ1v) is 3.81. The summed E-state index contributed by atoms with van der Waals surface area (Å²) in [6.45, 7) is 0. The van der Waals surface area contributed by atoms with Crippen molar-refractivity contribution in [1.82, 2.24) is 24.8 Å². The SMILES string of the molecule is CN(C)C(N(C)C)n1ccnn1. The molecule has 0 saturated heterocycles. The molecule has 0 amide bonds. The summed E-state index contributed by atoms with van der Waals surface area (Å²) in [5.74, 6) is 0. The smallest absolute Gasteiger partial charge is 0.161 e. The maximum atomic E-state index is 3.94. The van der Waals surface area contributed by atoms with Crippen LogP contribution in [0.1, 0.15) is 6.29 Å². The second kappa shape index (κ2) is 3.64. The molecule has 0 aliphatic heterocycles. The molecule has 1 heterocycles. The summed E-state index contributed by atoms with van der Waals surface area (Å²) in [4.78, 5) is 4.13. The van der Waals surface area contributed by atoms with Crippen molar-refractivity contribution in [2.75, 3.05) is 28.2 Å². The minimum Gasteiger partial charge on any atom is -0.276 e. The van der Waals surface area contributed by atoms with Crippen LogP contribution in [0.5, 0.6) is 0 Å². The number of aromatic nitrogens is 3. The third kappa shape index (κ3) is 1.80. The lowest BCUT2D eigenvalue weighted by Gasteiger charge is -2.29. The molecular weight excluding hydrogens is 154 g/mol. The highest BCUT2D eigenvalue weighted by molar-refractivity contribution is 4.69. The van der Waals surface area contributed by atoms with E-state index in [1.165, 1.54) is 0 Å². The summed E-state index contributed by atoms with van der Waals surface area (Å²) in [5, 5.41) is 7.71. The van der Waals surface area contributed by atoms with Crippen molar-refractivity contribution in [3.8, 4) is 0 Å². The first-order chi connectivity index (χ1) is 5.63. The summed E-state index contributed by atoms with van der Waals surface area (Å²) < 4.78 is 1.81. The molecule has 1 aromatic heterocycles. The van der Waals surface area contributed by atoms with Gasteiger partial charge in [-0.3, -0.25) is 9.80 Å². The molecule has 0 bridgehead atoms. The zero-order chi connectivity index (χ0) is 9.14. The van der Waals surface area contributed by atoms with Crippen molar-refractivity contribution < 1.29 is 0 Å². The van der Waals surface area contributed by atoms with E-state index in [0.29, 0.717) is 0 Å². The van der Waals surface area contributed by atoms with Gasteiger partial charge < -0.3 is 0 Å². The first-order valence-electron chi connectivity index (χ1n) is 3.81. The van der Waals surface area contributed by atoms with Crippen LogP contribution in [0.3, 0.4) is 0 Å². The largest absolute Gasteiger partial charge is 0.276 e. The van der Waals surface area contributed by atoms with Gasteiger partial charge in [-0.15, -0.1) is 5.10 Å². The Morgan fingerprint density at radius 1 is 1.17 bits per heavy atom. The maximum absolute atomic E-state index is 3.94. The summed E-state index contributed by atoms with van der Waals surface area (Å²) in [7, 11) is 8.03. The van der Waals surface area contributed by atoms with Gasteiger partial charge in [0.25, 0.3) is 0 Å². The van der Waals surface area contributed by atoms with Gasteiger partial charge in [0.15, 0.2) is 6.29 Å². The molecule has 5 heteroatoms. The molecule has 0 aliphatic rings. The molecule has 0 saturated carbocycles. The predicted octanol–water partition coefficient (Wildman–Crippen LogP) is -0.143. The zero-order valence-electron chi connectivity index (χ0n) is 7.97. The molecule has 5 nitrogen and oxygen atoms in total. The molecule has 0 spiro atoms. The standard InChI is InChI=1S/C7H15N5/c1-10(2)7(11(3)4)12-6-5-8-9-12/h5-7H,1-4H3. The van der Waals surface area contributed by atoms with Crippen molar-refractivity contribution in [2.45, 2.75) is 6.29 Å². The zero-order valence-corrected chi connectivity index (χ0v) is 7.97. The topological polar surface area (TPSA) is 37.2 Å². The number of rotatable bonds is 3. The molecule has 0 atom stereocenters. The predicted molar refractivity (Wildman–Crippen MR) is 46.4 cm³/mol. The molecule has 0 radical (unpaired) electrons. The minimum atomic E-state index is 0.132. The van der Waals surface area contributed by atoms with Crippen molar-refractivity contribution in [3.63, 3.8) is 0 Å². The summed E-state index contributed by atoms with van der Waals surface area (Å²) in [6, 6.07) is 0. The molecule has 0 N–H and O–H groups in total. The Morgan fingerprint density at radius 2 is 1.75 bits per heavy atom. The molecular formula is C7H15N5. The molecule has 0 fully saturated rings. The third-order valence-electron chi connectivity index (χ3n) is 1.60. The van der Waals surface area contributed by atoms with Crippen molar-refractivity contribution in [1.29, 1.82) is 0 Å². The first kappa shape index (κ1) is 9.15. The number of hydrogen-bond acceptors (Lipinski definition) is 4. The lowest BCUT2D eigenvalue weighted by Crippen LogP contribution is -2.37. The van der Waals surface area contributed by atoms with E-state index in [0.717, 1.165) is 0 Å². The van der Waals surface area contributed by atoms with E-state index in [-0.39, 0.29) is 6.29 Å². The second-order valence-electron chi connectivity index (χ2n) is 3.16. The van der Waals surface area contributed by atoms with Gasteiger partial charge in [-0.2, -0.15) is 0 Å². The Kier molecular flexibility index (Phi) is 2.78. The van der Waals surface area contributed by atoms with Crippen LogP contribution >= 0.6 is 0 Å². The van der Waals surface area contributed by atoms with Gasteiger partial charge in [-0.05, 0) is 28.2 Å². The monoisotopic (exact) mass is 169 g/mol. The number of hydrogen-bond donors (Lipinski definition) is 0. The lowest BCUT2D eigenvalue weighted by molar-refractivity contribution is 0.0500. The molecule has 12 heavy (non-hydrogen) atoms. The van der Waals surface area contributed by atoms with Crippen molar-refractivity contribution in [2.24, 2.45) is 0 Å². The second-order valence-corrected chi connectivity index (χ2v) is 3.16. The van der Waals surface area contributed by atoms with Crippen LogP contribution in [0.2, 0.25) is 0 Å². The fourth-order valence-electron chi connectivity index (χ4n) is 1.28. The van der Waals surface area contributed by atoms with Gasteiger partial charge in [0, 0.05) is 6.20 Å². The molecule has 0 unspecified atom stereocenters. The Hall–Kier alpha value is -0.940. The van der Waals surface area contributed by atoms with E-state index in [4.69, 9.17) is 0 Å². The number of nitrogens with zero attached hydrogens (tertiary/aromatic N) is 5. The summed E-state index contributed by atoms with van der Waals surface area (Å²) in [5.41, 5.74) is 0. The van der Waals surface area contributed by atoms with Crippen LogP contribution in [0.25, 0.3) is 0 Å². The highest BCUT2D eigenvalue weighted by Crippen LogP contribution is 2.08. The summed E-state index contributed by atoms with van der Waals surface area (Å²) in [6.07, 6.45) is 3.66. The van der Waals surface area contributed by atoms with Crippen LogP contribution in [-0.4, -0.2) is 53.0 Å². The van der Waals surface area contributed by atoms with Gasteiger partial charge in [-0.1, -0.05) is 5.21 Å². The van der Waals surface area contributed by atoms with Gasteiger partial charge >= 0.3 is 0 Å². The van der Waals surface area contributed by atoms with Crippen molar-refractivity contribution in [3.05, 3.63) is 12.4 Å². The minimum absolute atomic E-state index is 0.132. The van der Waals surface area contributed by atoms with Crippen LogP contribution in [0, 0.1) is 0 Å². The lowest BCUT2D eigenvalue weighted by atomic mass is 10.6. The Morgan fingerprint density at radius 3 is 2.08 bits per heavy atom. The molecule has 0 aliphatic carbocycles. The summed E-state index contributed by atoms with van der Waals surface area (Å²) >= 11 is 0. The van der Waals surface area contributed by atoms with Gasteiger partial charge in [0.05, 0.1) is 6.20 Å². The maximum Gasteiger partial charge on any atom is 0.161 e. The molecule has 1 rings (SSSR count). The average Bonchev–Trinajstić information content (AvgIpc) is 2.37. The fourth-order valence-corrected chi connectivity index (χ4v) is 1.28. The Labute approximate surface area is 72.6 Å². The quantitative estimate of drug-likeness (QED) is 0.590. The molecule has 1 aromatic rings.